The van der Waals surface area contributed by atoms with Gasteiger partial charge < -0.3 is 4.57 Å². The molecule has 0 radical (unpaired) electrons. The average Bonchev–Trinajstić information content (AvgIpc) is 3.36. The molecule has 138 valence electrons. The first-order valence-electron chi connectivity index (χ1n) is 10.1. The van der Waals surface area contributed by atoms with Crippen LogP contribution in [0.5, 0.6) is 0 Å². The molecule has 2 fully saturated rings. The van der Waals surface area contributed by atoms with Crippen LogP contribution in [-0.2, 0) is 11.3 Å². The quantitative estimate of drug-likeness (QED) is 0.533. The number of para-hydroxylation sites is 1. The van der Waals surface area contributed by atoms with Crippen molar-refractivity contribution in [1.82, 2.24) is 9.99 Å². The molecule has 1 N–H and O–H groups in total. The number of hydrazone groups is 1. The average molecular weight is 359 g/mol. The Morgan fingerprint density at radius 3 is 2.63 bits per heavy atom. The van der Waals surface area contributed by atoms with Crippen molar-refractivity contribution in [3.63, 3.8) is 0 Å². The zero-order chi connectivity index (χ0) is 18.4. The second kappa shape index (κ2) is 6.52. The van der Waals surface area contributed by atoms with E-state index in [4.69, 9.17) is 0 Å². The molecule has 0 aliphatic heterocycles. The van der Waals surface area contributed by atoms with Gasteiger partial charge in [0, 0.05) is 34.3 Å². The van der Waals surface area contributed by atoms with Gasteiger partial charge in [-0.2, -0.15) is 5.10 Å². The third kappa shape index (κ3) is 2.75. The summed E-state index contributed by atoms with van der Waals surface area (Å²) in [5.41, 5.74) is 6.28. The normalized spacial score (nSPS) is 24.4. The van der Waals surface area contributed by atoms with E-state index in [1.807, 2.05) is 0 Å². The summed E-state index contributed by atoms with van der Waals surface area (Å²) in [6, 6.07) is 14.9. The first kappa shape index (κ1) is 16.5. The summed E-state index contributed by atoms with van der Waals surface area (Å²) < 4.78 is 2.34. The van der Waals surface area contributed by atoms with Crippen molar-refractivity contribution >= 4 is 33.9 Å². The van der Waals surface area contributed by atoms with E-state index in [9.17, 15) is 4.79 Å². The molecule has 27 heavy (non-hydrogen) atoms. The van der Waals surface area contributed by atoms with E-state index in [-0.39, 0.29) is 11.8 Å². The van der Waals surface area contributed by atoms with Gasteiger partial charge in [0.15, 0.2) is 0 Å². The van der Waals surface area contributed by atoms with Gasteiger partial charge in [0.25, 0.3) is 0 Å². The Balaban J connectivity index is 1.37. The number of hydrogen-bond donors (Lipinski definition) is 1. The van der Waals surface area contributed by atoms with Crippen LogP contribution in [0.3, 0.4) is 0 Å². The molecule has 2 aliphatic rings. The van der Waals surface area contributed by atoms with Crippen LogP contribution in [0.25, 0.3) is 21.8 Å². The summed E-state index contributed by atoms with van der Waals surface area (Å²) in [5, 5.41) is 6.74. The van der Waals surface area contributed by atoms with Crippen molar-refractivity contribution in [3.8, 4) is 0 Å². The lowest BCUT2D eigenvalue weighted by Gasteiger charge is -2.04. The van der Waals surface area contributed by atoms with E-state index in [0.717, 1.165) is 12.1 Å². The number of fused-ring (bicyclic) bond motifs is 4. The monoisotopic (exact) mass is 359 g/mol. The van der Waals surface area contributed by atoms with Crippen molar-refractivity contribution in [2.45, 2.75) is 39.2 Å². The third-order valence-electron chi connectivity index (χ3n) is 6.46. The molecule has 1 aromatic heterocycles. The number of aromatic nitrogens is 1. The van der Waals surface area contributed by atoms with E-state index in [2.05, 4.69) is 64.5 Å². The zero-order valence-electron chi connectivity index (χ0n) is 15.7. The topological polar surface area (TPSA) is 46.4 Å². The van der Waals surface area contributed by atoms with Crippen molar-refractivity contribution in [2.75, 3.05) is 0 Å². The minimum absolute atomic E-state index is 0.104. The predicted molar refractivity (Wildman–Crippen MR) is 110 cm³/mol. The van der Waals surface area contributed by atoms with Crippen molar-refractivity contribution in [1.29, 1.82) is 0 Å². The van der Waals surface area contributed by atoms with Gasteiger partial charge in [0.2, 0.25) is 5.91 Å². The van der Waals surface area contributed by atoms with Crippen molar-refractivity contribution < 1.29 is 4.79 Å². The first-order chi connectivity index (χ1) is 13.3. The Labute approximate surface area is 159 Å². The van der Waals surface area contributed by atoms with E-state index in [0.29, 0.717) is 11.8 Å². The summed E-state index contributed by atoms with van der Waals surface area (Å²) in [7, 11) is 0. The first-order valence-corrected chi connectivity index (χ1v) is 10.1. The standard InChI is InChI=1S/C23H25N3O/c1-2-26-20-10-6-5-7-16(20)19-13-15(11-12-21(19)26)14-24-25-23(27)22-17-8-3-4-9-18(17)22/h5-7,10-14,17-18,22H,2-4,8-9H2,1H3,(H,25,27)/b24-14+/t17-,18-/m1/s1. The third-order valence-corrected chi connectivity index (χ3v) is 6.46. The van der Waals surface area contributed by atoms with E-state index in [1.54, 1.807) is 6.21 Å². The maximum atomic E-state index is 12.4. The maximum absolute atomic E-state index is 12.4. The number of rotatable bonds is 4. The van der Waals surface area contributed by atoms with Crippen LogP contribution in [-0.4, -0.2) is 16.7 Å². The molecular weight excluding hydrogens is 334 g/mol. The van der Waals surface area contributed by atoms with Crippen molar-refractivity contribution in [2.24, 2.45) is 22.9 Å². The molecule has 3 aromatic rings. The molecule has 2 aromatic carbocycles. The van der Waals surface area contributed by atoms with Crippen LogP contribution in [0.1, 0.15) is 38.2 Å². The molecule has 0 unspecified atom stereocenters. The number of carbonyl (C=O) groups excluding carboxylic acids is 1. The lowest BCUT2D eigenvalue weighted by atomic mass is 10.0. The van der Waals surface area contributed by atoms with Crippen LogP contribution >= 0.6 is 0 Å². The predicted octanol–water partition coefficient (Wildman–Crippen LogP) is 4.70. The maximum Gasteiger partial charge on any atom is 0.243 e. The molecular formula is C23H25N3O. The second-order valence-electron chi connectivity index (χ2n) is 7.91. The van der Waals surface area contributed by atoms with Gasteiger partial charge in [0.1, 0.15) is 0 Å². The van der Waals surface area contributed by atoms with Gasteiger partial charge in [-0.05, 0) is 55.4 Å². The zero-order valence-corrected chi connectivity index (χ0v) is 15.7. The smallest absolute Gasteiger partial charge is 0.243 e. The lowest BCUT2D eigenvalue weighted by Crippen LogP contribution is -2.20. The van der Waals surface area contributed by atoms with Crippen LogP contribution in [0.2, 0.25) is 0 Å². The lowest BCUT2D eigenvalue weighted by molar-refractivity contribution is -0.122. The Hall–Kier alpha value is -2.62. The fourth-order valence-electron chi connectivity index (χ4n) is 5.12. The highest BCUT2D eigenvalue weighted by Crippen LogP contribution is 2.55. The van der Waals surface area contributed by atoms with Gasteiger partial charge >= 0.3 is 0 Å². The SMILES string of the molecule is CCn1c2ccccc2c2cc(/C=N/NC(=O)C3[C@@H]4CCCC[C@@H]34)ccc21. The Morgan fingerprint density at radius 2 is 1.85 bits per heavy atom. The van der Waals surface area contributed by atoms with Gasteiger partial charge in [-0.25, -0.2) is 5.43 Å². The van der Waals surface area contributed by atoms with Gasteiger partial charge in [-0.1, -0.05) is 37.1 Å². The fourth-order valence-corrected chi connectivity index (χ4v) is 5.12. The van der Waals surface area contributed by atoms with Gasteiger partial charge in [0.05, 0.1) is 6.21 Å². The largest absolute Gasteiger partial charge is 0.341 e. The Bertz CT molecular complexity index is 1040. The van der Waals surface area contributed by atoms with Gasteiger partial charge in [-0.3, -0.25) is 4.79 Å². The van der Waals surface area contributed by atoms with E-state index in [1.165, 1.54) is 47.5 Å². The molecule has 0 spiro atoms. The minimum Gasteiger partial charge on any atom is -0.341 e. The highest BCUT2D eigenvalue weighted by atomic mass is 16.2. The van der Waals surface area contributed by atoms with Gasteiger partial charge in [-0.15, -0.1) is 0 Å². The van der Waals surface area contributed by atoms with E-state index < -0.39 is 0 Å². The van der Waals surface area contributed by atoms with E-state index >= 15 is 0 Å². The number of hydrogen-bond acceptors (Lipinski definition) is 2. The summed E-state index contributed by atoms with van der Waals surface area (Å²) in [6.45, 7) is 3.11. The summed E-state index contributed by atoms with van der Waals surface area (Å²) in [5.74, 6) is 1.54. The molecule has 1 heterocycles. The number of nitrogens with zero attached hydrogens (tertiary/aromatic N) is 2. The fraction of sp³-hybridized carbons (Fsp3) is 0.391. The molecule has 0 saturated heterocycles. The minimum atomic E-state index is 0.104. The molecule has 2 aliphatic carbocycles. The molecule has 1 amide bonds. The number of benzene rings is 2. The molecule has 4 nitrogen and oxygen atoms in total. The highest BCUT2D eigenvalue weighted by molar-refractivity contribution is 6.09. The summed E-state index contributed by atoms with van der Waals surface area (Å²) >= 11 is 0. The summed E-state index contributed by atoms with van der Waals surface area (Å²) in [4.78, 5) is 12.4. The second-order valence-corrected chi connectivity index (χ2v) is 7.91. The number of aryl methyl sites for hydroxylation is 1. The number of nitrogens with one attached hydrogen (secondary N) is 1. The highest BCUT2D eigenvalue weighted by Gasteiger charge is 2.54. The Kier molecular flexibility index (Phi) is 4.00. The number of amides is 1. The summed E-state index contributed by atoms with van der Waals surface area (Å²) in [6.07, 6.45) is 6.75. The molecule has 2 saturated carbocycles. The van der Waals surface area contributed by atoms with Crippen molar-refractivity contribution in [3.05, 3.63) is 48.0 Å². The van der Waals surface area contributed by atoms with Crippen LogP contribution in [0.4, 0.5) is 0 Å². The molecule has 0 bridgehead atoms. The Morgan fingerprint density at radius 1 is 1.11 bits per heavy atom. The molecule has 2 atom stereocenters. The molecule has 4 heteroatoms. The molecule has 5 rings (SSSR count). The van der Waals surface area contributed by atoms with Crippen LogP contribution in [0.15, 0.2) is 47.6 Å². The number of carbonyl (C=O) groups is 1. The van der Waals surface area contributed by atoms with Crippen LogP contribution in [0, 0.1) is 17.8 Å². The van der Waals surface area contributed by atoms with Crippen LogP contribution < -0.4 is 5.43 Å².